The number of aromatic nitrogens is 3. The molecule has 0 radical (unpaired) electrons. The van der Waals surface area contributed by atoms with Gasteiger partial charge in [0.15, 0.2) is 0 Å². The second-order valence-electron chi connectivity index (χ2n) is 16.8. The van der Waals surface area contributed by atoms with Crippen LogP contribution in [-0.4, -0.2) is 141 Å². The van der Waals surface area contributed by atoms with Crippen molar-refractivity contribution < 1.29 is 77.4 Å². The van der Waals surface area contributed by atoms with Crippen molar-refractivity contribution in [2.24, 2.45) is 0 Å². The number of carboxylic acid groups (broad SMARTS) is 1. The molecule has 0 aliphatic rings. The molecule has 3 heterocycles. The van der Waals surface area contributed by atoms with Gasteiger partial charge in [-0.2, -0.15) is 0 Å². The summed E-state index contributed by atoms with van der Waals surface area (Å²) < 4.78 is 54.0. The number of hydrogen-bond donors (Lipinski definition) is 0. The third-order valence-corrected chi connectivity index (χ3v) is 11.5. The van der Waals surface area contributed by atoms with E-state index in [0.717, 1.165) is 66.6 Å². The molecule has 408 valence electrons. The first kappa shape index (κ1) is 60.4. The minimum Gasteiger partial charge on any atom is -0.543 e. The maximum atomic E-state index is 10.0. The van der Waals surface area contributed by atoms with Gasteiger partial charge in [0.1, 0.15) is 0 Å². The standard InChI is InChI=1S/2C28H30NO5.C6H5NO2.Ir/c2*1-30-14-15-31-16-17-32-18-19-33-20-21-34-23-12-10-22(11-13-23)28-26-8-3-2-6-24(26)25-7-4-5-9-27(25)29-28;8-6(9)5-3-1-2-4-7-5;/h2*2-10,12-13H,14-21H2,1H3;1-4H,(H,8,9);/q2*-1;;+3/p-1. The number of para-hydroxylation sites is 2. The Morgan fingerprint density at radius 1 is 0.410 bits per heavy atom. The van der Waals surface area contributed by atoms with Crippen molar-refractivity contribution in [3.8, 4) is 34.0 Å². The van der Waals surface area contributed by atoms with E-state index in [-0.39, 0.29) is 25.8 Å². The number of ether oxygens (including phenoxy) is 10. The van der Waals surface area contributed by atoms with E-state index >= 15 is 0 Å². The van der Waals surface area contributed by atoms with Gasteiger partial charge in [0, 0.05) is 42.7 Å². The quantitative estimate of drug-likeness (QED) is 0.0247. The van der Waals surface area contributed by atoms with Crippen LogP contribution in [0, 0.1) is 12.1 Å². The minimum absolute atomic E-state index is 0. The molecule has 78 heavy (non-hydrogen) atoms. The van der Waals surface area contributed by atoms with Crippen molar-refractivity contribution in [2.45, 2.75) is 0 Å². The molecule has 0 aliphatic carbocycles. The van der Waals surface area contributed by atoms with E-state index in [1.54, 1.807) is 26.4 Å². The van der Waals surface area contributed by atoms with E-state index in [2.05, 4.69) is 65.6 Å². The molecule has 0 saturated carbocycles. The van der Waals surface area contributed by atoms with Crippen molar-refractivity contribution in [1.82, 2.24) is 15.0 Å². The first-order valence-electron chi connectivity index (χ1n) is 25.5. The van der Waals surface area contributed by atoms with Crippen LogP contribution in [0.3, 0.4) is 0 Å². The molecule has 9 rings (SSSR count). The van der Waals surface area contributed by atoms with E-state index in [4.69, 9.17) is 57.3 Å². The number of carboxylic acids is 1. The van der Waals surface area contributed by atoms with Crippen LogP contribution in [0.2, 0.25) is 0 Å². The van der Waals surface area contributed by atoms with Crippen molar-refractivity contribution in [3.05, 3.63) is 176 Å². The van der Waals surface area contributed by atoms with E-state index < -0.39 is 5.97 Å². The molecule has 0 bridgehead atoms. The van der Waals surface area contributed by atoms with E-state index in [1.807, 2.05) is 84.9 Å². The summed E-state index contributed by atoms with van der Waals surface area (Å²) in [5.74, 6) is 0.263. The monoisotopic (exact) mass is 1240 g/mol. The Kier molecular flexibility index (Phi) is 27.0. The Bertz CT molecular complexity index is 2950. The first-order chi connectivity index (χ1) is 38.0. The van der Waals surface area contributed by atoms with Crippen LogP contribution in [0.1, 0.15) is 10.5 Å². The Balaban J connectivity index is 0.000000215. The van der Waals surface area contributed by atoms with Crippen LogP contribution < -0.4 is 14.6 Å². The smallest absolute Gasteiger partial charge is 0.543 e. The Labute approximate surface area is 469 Å². The first-order valence-corrected chi connectivity index (χ1v) is 25.5. The molecular formula is C62H64IrN3O12. The third kappa shape index (κ3) is 19.3. The summed E-state index contributed by atoms with van der Waals surface area (Å²) in [7, 11) is 3.30. The van der Waals surface area contributed by atoms with Crippen molar-refractivity contribution in [1.29, 1.82) is 0 Å². The van der Waals surface area contributed by atoms with Crippen LogP contribution >= 0.6 is 0 Å². The van der Waals surface area contributed by atoms with E-state index in [1.165, 1.54) is 23.0 Å². The zero-order valence-electron chi connectivity index (χ0n) is 43.9. The molecule has 0 saturated heterocycles. The molecule has 0 unspecified atom stereocenters. The maximum absolute atomic E-state index is 10.0. The van der Waals surface area contributed by atoms with Crippen LogP contribution in [-0.2, 0) is 58.0 Å². The molecule has 0 atom stereocenters. The number of carbonyl (C=O) groups is 1. The molecule has 0 spiro atoms. The predicted molar refractivity (Wildman–Crippen MR) is 295 cm³/mol. The van der Waals surface area contributed by atoms with Gasteiger partial charge >= 0.3 is 20.1 Å². The number of hydrogen-bond acceptors (Lipinski definition) is 15. The van der Waals surface area contributed by atoms with Gasteiger partial charge < -0.3 is 57.3 Å². The normalized spacial score (nSPS) is 10.9. The fraction of sp³-hybridized carbons (Fsp3) is 0.290. The minimum atomic E-state index is -1.24. The molecule has 0 aliphatic heterocycles. The Morgan fingerprint density at radius 3 is 1.09 bits per heavy atom. The van der Waals surface area contributed by atoms with Crippen LogP contribution in [0.25, 0.3) is 65.9 Å². The van der Waals surface area contributed by atoms with E-state index in [9.17, 15) is 9.90 Å². The van der Waals surface area contributed by atoms with Crippen LogP contribution in [0.4, 0.5) is 0 Å². The summed E-state index contributed by atoms with van der Waals surface area (Å²) in [6.45, 7) is 8.59. The van der Waals surface area contributed by atoms with Crippen molar-refractivity contribution >= 4 is 49.3 Å². The number of methoxy groups -OCH3 is 2. The van der Waals surface area contributed by atoms with Crippen molar-refractivity contribution in [2.75, 3.05) is 120 Å². The summed E-state index contributed by atoms with van der Waals surface area (Å²) in [6.07, 6.45) is 1.41. The van der Waals surface area contributed by atoms with Crippen LogP contribution in [0.15, 0.2) is 158 Å². The molecule has 9 aromatic rings. The maximum Gasteiger partial charge on any atom is 3.00 e. The van der Waals surface area contributed by atoms with Gasteiger partial charge in [-0.15, -0.1) is 59.7 Å². The second-order valence-corrected chi connectivity index (χ2v) is 16.8. The topological polar surface area (TPSA) is 171 Å². The Hall–Kier alpha value is -6.79. The molecule has 0 amide bonds. The fourth-order valence-electron chi connectivity index (χ4n) is 7.80. The molecule has 0 fully saturated rings. The zero-order valence-corrected chi connectivity index (χ0v) is 46.3. The van der Waals surface area contributed by atoms with Crippen LogP contribution in [0.5, 0.6) is 11.5 Å². The number of aromatic carboxylic acids is 1. The second kappa shape index (κ2) is 34.9. The number of benzene rings is 6. The average molecular weight is 1240 g/mol. The summed E-state index contributed by atoms with van der Waals surface area (Å²) in [4.78, 5) is 23.4. The fourth-order valence-corrected chi connectivity index (χ4v) is 7.80. The number of pyridine rings is 3. The van der Waals surface area contributed by atoms with Crippen molar-refractivity contribution in [3.63, 3.8) is 0 Å². The molecule has 3 aromatic heterocycles. The molecule has 16 heteroatoms. The van der Waals surface area contributed by atoms with Gasteiger partial charge in [-0.25, -0.2) is 0 Å². The number of fused-ring (bicyclic) bond motifs is 6. The van der Waals surface area contributed by atoms with E-state index in [0.29, 0.717) is 106 Å². The molecule has 0 N–H and O–H groups in total. The molecule has 6 aromatic carbocycles. The van der Waals surface area contributed by atoms with Gasteiger partial charge in [0.05, 0.1) is 128 Å². The summed E-state index contributed by atoms with van der Waals surface area (Å²) in [5.41, 5.74) is 5.65. The SMILES string of the molecule is COCCOCCOCCOCCOc1c[c-]c(-c2nc3ccccc3c3ccccc23)cc1.COCCOCCOCCOCCOc1c[c-]c(-c2nc3ccccc3c3ccccc23)cc1.O=C([O-])c1ccccn1.[Ir+3]. The zero-order chi connectivity index (χ0) is 53.5. The third-order valence-electron chi connectivity index (χ3n) is 11.5. The summed E-state index contributed by atoms with van der Waals surface area (Å²) >= 11 is 0. The van der Waals surface area contributed by atoms with Gasteiger partial charge in [-0.3, -0.25) is 15.0 Å². The van der Waals surface area contributed by atoms with Gasteiger partial charge in [0.25, 0.3) is 0 Å². The summed E-state index contributed by atoms with van der Waals surface area (Å²) in [5, 5.41) is 16.9. The number of nitrogens with zero attached hydrogens (tertiary/aromatic N) is 3. The molecular weight excluding hydrogens is 1170 g/mol. The average Bonchev–Trinajstić information content (AvgIpc) is 3.48. The number of rotatable bonds is 29. The Morgan fingerprint density at radius 2 is 0.756 bits per heavy atom. The number of carbonyl (C=O) groups excluding carboxylic acids is 1. The van der Waals surface area contributed by atoms with Gasteiger partial charge in [-0.1, -0.05) is 91.0 Å². The van der Waals surface area contributed by atoms with Gasteiger partial charge in [0.2, 0.25) is 0 Å². The predicted octanol–water partition coefficient (Wildman–Crippen LogP) is 9.30. The largest absolute Gasteiger partial charge is 3.00 e. The molecule has 15 nitrogen and oxygen atoms in total. The summed E-state index contributed by atoms with van der Waals surface area (Å²) in [6, 6.07) is 56.1. The van der Waals surface area contributed by atoms with Gasteiger partial charge in [-0.05, 0) is 57.2 Å².